The van der Waals surface area contributed by atoms with E-state index >= 15 is 0 Å². The van der Waals surface area contributed by atoms with Gasteiger partial charge in [-0.25, -0.2) is 0 Å². The summed E-state index contributed by atoms with van der Waals surface area (Å²) in [6, 6.07) is 0.176. The molecule has 2 aliphatic rings. The van der Waals surface area contributed by atoms with Crippen LogP contribution in [0.15, 0.2) is 11.8 Å². The third kappa shape index (κ3) is 2.30. The Balaban J connectivity index is 1.91. The van der Waals surface area contributed by atoms with Gasteiger partial charge in [-0.1, -0.05) is 25.7 Å². The van der Waals surface area contributed by atoms with Crippen molar-refractivity contribution in [3.63, 3.8) is 0 Å². The second kappa shape index (κ2) is 4.83. The highest BCUT2D eigenvalue weighted by Crippen LogP contribution is 2.29. The van der Waals surface area contributed by atoms with Crippen LogP contribution in [0.2, 0.25) is 0 Å². The molecule has 1 unspecified atom stereocenters. The molecule has 2 N–H and O–H groups in total. The molecule has 2 nitrogen and oxygen atoms in total. The van der Waals surface area contributed by atoms with Gasteiger partial charge in [0.15, 0.2) is 0 Å². The Labute approximate surface area is 86.5 Å². The Morgan fingerprint density at radius 3 is 2.50 bits per heavy atom. The van der Waals surface area contributed by atoms with E-state index < -0.39 is 0 Å². The first-order valence-corrected chi connectivity index (χ1v) is 5.96. The minimum Gasteiger partial charge on any atom is -0.496 e. The molecule has 0 amide bonds. The number of hydrogen-bond donors (Lipinski definition) is 1. The fourth-order valence-corrected chi connectivity index (χ4v) is 2.57. The average molecular weight is 195 g/mol. The maximum absolute atomic E-state index is 6.23. The third-order valence-electron chi connectivity index (χ3n) is 3.47. The lowest BCUT2D eigenvalue weighted by Gasteiger charge is -2.22. The van der Waals surface area contributed by atoms with Crippen molar-refractivity contribution in [3.05, 3.63) is 11.8 Å². The second-order valence-corrected chi connectivity index (χ2v) is 4.52. The highest BCUT2D eigenvalue weighted by Gasteiger charge is 2.24. The van der Waals surface area contributed by atoms with Crippen LogP contribution in [0.3, 0.4) is 0 Å². The van der Waals surface area contributed by atoms with Crippen LogP contribution in [0.25, 0.3) is 0 Å². The Hall–Kier alpha value is -0.500. The van der Waals surface area contributed by atoms with Gasteiger partial charge >= 0.3 is 0 Å². The fraction of sp³-hybridized carbons (Fsp3) is 0.833. The SMILES string of the molecule is NC(C1=CCCO1)C1CCCCCC1. The summed E-state index contributed by atoms with van der Waals surface area (Å²) in [4.78, 5) is 0. The van der Waals surface area contributed by atoms with E-state index in [2.05, 4.69) is 6.08 Å². The smallest absolute Gasteiger partial charge is 0.109 e. The van der Waals surface area contributed by atoms with Gasteiger partial charge in [0.2, 0.25) is 0 Å². The van der Waals surface area contributed by atoms with E-state index in [9.17, 15) is 0 Å². The van der Waals surface area contributed by atoms with Crippen LogP contribution in [0.5, 0.6) is 0 Å². The summed E-state index contributed by atoms with van der Waals surface area (Å²) in [6.07, 6.45) is 11.3. The monoisotopic (exact) mass is 195 g/mol. The van der Waals surface area contributed by atoms with Crippen molar-refractivity contribution >= 4 is 0 Å². The minimum atomic E-state index is 0.176. The van der Waals surface area contributed by atoms with Gasteiger partial charge in [0, 0.05) is 6.42 Å². The van der Waals surface area contributed by atoms with E-state index in [4.69, 9.17) is 10.5 Å². The predicted molar refractivity (Wildman–Crippen MR) is 57.8 cm³/mol. The van der Waals surface area contributed by atoms with Crippen LogP contribution < -0.4 is 5.73 Å². The topological polar surface area (TPSA) is 35.2 Å². The van der Waals surface area contributed by atoms with Gasteiger partial charge in [0.1, 0.15) is 5.76 Å². The van der Waals surface area contributed by atoms with Crippen molar-refractivity contribution in [2.24, 2.45) is 11.7 Å². The van der Waals surface area contributed by atoms with E-state index in [0.29, 0.717) is 5.92 Å². The predicted octanol–water partition coefficient (Wildman–Crippen LogP) is 2.59. The first kappa shape index (κ1) is 10.0. The van der Waals surface area contributed by atoms with E-state index in [1.54, 1.807) is 0 Å². The van der Waals surface area contributed by atoms with Crippen molar-refractivity contribution in [3.8, 4) is 0 Å². The highest BCUT2D eigenvalue weighted by atomic mass is 16.5. The molecule has 0 spiro atoms. The molecule has 0 aromatic carbocycles. The molecule has 1 heterocycles. The number of rotatable bonds is 2. The van der Waals surface area contributed by atoms with Gasteiger partial charge in [-0.3, -0.25) is 0 Å². The van der Waals surface area contributed by atoms with Gasteiger partial charge in [0.05, 0.1) is 12.6 Å². The van der Waals surface area contributed by atoms with Crippen molar-refractivity contribution in [1.29, 1.82) is 0 Å². The van der Waals surface area contributed by atoms with E-state index in [1.807, 2.05) is 0 Å². The van der Waals surface area contributed by atoms with Crippen LogP contribution >= 0.6 is 0 Å². The largest absolute Gasteiger partial charge is 0.496 e. The molecule has 80 valence electrons. The summed E-state index contributed by atoms with van der Waals surface area (Å²) in [5, 5.41) is 0. The van der Waals surface area contributed by atoms with Crippen molar-refractivity contribution in [2.45, 2.75) is 51.0 Å². The summed E-state index contributed by atoms with van der Waals surface area (Å²) in [5.74, 6) is 1.73. The summed E-state index contributed by atoms with van der Waals surface area (Å²) in [7, 11) is 0. The molecule has 1 saturated carbocycles. The molecule has 0 aromatic rings. The molecule has 0 bridgehead atoms. The molecule has 2 rings (SSSR count). The molecular formula is C12H21NO. The van der Waals surface area contributed by atoms with Crippen LogP contribution in [0, 0.1) is 5.92 Å². The standard InChI is InChI=1S/C12H21NO/c13-12(11-8-5-9-14-11)10-6-3-1-2-4-7-10/h8,10,12H,1-7,9,13H2. The van der Waals surface area contributed by atoms with Gasteiger partial charge in [0.25, 0.3) is 0 Å². The molecule has 1 atom stereocenters. The van der Waals surface area contributed by atoms with E-state index in [1.165, 1.54) is 38.5 Å². The lowest BCUT2D eigenvalue weighted by atomic mass is 9.91. The Morgan fingerprint density at radius 2 is 1.93 bits per heavy atom. The minimum absolute atomic E-state index is 0.176. The van der Waals surface area contributed by atoms with Gasteiger partial charge in [-0.05, 0) is 24.8 Å². The van der Waals surface area contributed by atoms with Crippen molar-refractivity contribution < 1.29 is 4.74 Å². The molecule has 0 saturated heterocycles. The lowest BCUT2D eigenvalue weighted by molar-refractivity contribution is 0.202. The molecule has 1 aliphatic heterocycles. The first-order valence-electron chi connectivity index (χ1n) is 5.96. The Morgan fingerprint density at radius 1 is 1.21 bits per heavy atom. The molecule has 0 aromatic heterocycles. The quantitative estimate of drug-likeness (QED) is 0.687. The maximum atomic E-state index is 6.23. The number of hydrogen-bond acceptors (Lipinski definition) is 2. The summed E-state index contributed by atoms with van der Waals surface area (Å²) in [6.45, 7) is 0.843. The molecule has 14 heavy (non-hydrogen) atoms. The molecule has 2 heteroatoms. The van der Waals surface area contributed by atoms with Gasteiger partial charge in [-0.15, -0.1) is 0 Å². The second-order valence-electron chi connectivity index (χ2n) is 4.52. The fourth-order valence-electron chi connectivity index (χ4n) is 2.57. The van der Waals surface area contributed by atoms with Crippen LogP contribution in [-0.2, 0) is 4.74 Å². The average Bonchev–Trinajstić information content (AvgIpc) is 2.59. The zero-order valence-electron chi connectivity index (χ0n) is 8.87. The Bertz CT molecular complexity index is 204. The normalized spacial score (nSPS) is 26.5. The zero-order valence-corrected chi connectivity index (χ0v) is 8.87. The number of nitrogens with two attached hydrogens (primary N) is 1. The first-order chi connectivity index (χ1) is 6.88. The molecule has 0 radical (unpaired) electrons. The third-order valence-corrected chi connectivity index (χ3v) is 3.47. The Kier molecular flexibility index (Phi) is 3.46. The van der Waals surface area contributed by atoms with Gasteiger partial charge in [-0.2, -0.15) is 0 Å². The molecule has 1 fully saturated rings. The lowest BCUT2D eigenvalue weighted by Crippen LogP contribution is -2.32. The van der Waals surface area contributed by atoms with Gasteiger partial charge < -0.3 is 10.5 Å². The zero-order chi connectivity index (χ0) is 9.80. The van der Waals surface area contributed by atoms with E-state index in [0.717, 1.165) is 18.8 Å². The molecule has 1 aliphatic carbocycles. The molecular weight excluding hydrogens is 174 g/mol. The summed E-state index contributed by atoms with van der Waals surface area (Å²) in [5.41, 5.74) is 6.23. The number of ether oxygens (including phenoxy) is 1. The van der Waals surface area contributed by atoms with Crippen LogP contribution in [-0.4, -0.2) is 12.6 Å². The van der Waals surface area contributed by atoms with Crippen molar-refractivity contribution in [1.82, 2.24) is 0 Å². The van der Waals surface area contributed by atoms with Crippen LogP contribution in [0.4, 0.5) is 0 Å². The highest BCUT2D eigenvalue weighted by molar-refractivity contribution is 5.08. The van der Waals surface area contributed by atoms with Crippen molar-refractivity contribution in [2.75, 3.05) is 6.61 Å². The van der Waals surface area contributed by atoms with E-state index in [-0.39, 0.29) is 6.04 Å². The summed E-state index contributed by atoms with van der Waals surface area (Å²) < 4.78 is 5.54. The van der Waals surface area contributed by atoms with Crippen LogP contribution in [0.1, 0.15) is 44.9 Å². The maximum Gasteiger partial charge on any atom is 0.109 e. The summed E-state index contributed by atoms with van der Waals surface area (Å²) >= 11 is 0.